The average molecular weight is 931 g/mol. The van der Waals surface area contributed by atoms with Crippen LogP contribution in [0.3, 0.4) is 0 Å². The van der Waals surface area contributed by atoms with Gasteiger partial charge in [0, 0.05) is 31.1 Å². The van der Waals surface area contributed by atoms with Gasteiger partial charge in [-0.2, -0.15) is 0 Å². The van der Waals surface area contributed by atoms with Gasteiger partial charge in [0.2, 0.25) is 0 Å². The lowest BCUT2D eigenvalue weighted by Crippen LogP contribution is -2.27. The Hall–Kier alpha value is -4.15. The van der Waals surface area contributed by atoms with Gasteiger partial charge >= 0.3 is 5.97 Å². The first kappa shape index (κ1) is 54.5. The summed E-state index contributed by atoms with van der Waals surface area (Å²) in [7, 11) is 2.06. The zero-order valence-corrected chi connectivity index (χ0v) is 39.0. The number of nitrogens with one attached hydrogen (secondary N) is 1. The fourth-order valence-electron chi connectivity index (χ4n) is 6.86. The number of unbranched alkanes of at least 4 members (excludes halogenated alkanes) is 1. The lowest BCUT2D eigenvalue weighted by molar-refractivity contribution is -0.137. The molecule has 66 heavy (non-hydrogen) atoms. The van der Waals surface area contributed by atoms with Crippen molar-refractivity contribution in [1.82, 2.24) is 24.9 Å². The Morgan fingerprint density at radius 3 is 2.05 bits per heavy atom. The van der Waals surface area contributed by atoms with Crippen molar-refractivity contribution >= 4 is 18.1 Å². The van der Waals surface area contributed by atoms with Gasteiger partial charge in [-0.15, -0.1) is 5.10 Å². The van der Waals surface area contributed by atoms with Crippen molar-refractivity contribution in [2.45, 2.75) is 64.0 Å². The molecule has 2 N–H and O–H groups in total. The molecule has 0 amide bonds. The number of aryl methyl sites for hydroxylation is 2. The van der Waals surface area contributed by atoms with Crippen LogP contribution in [0.4, 0.5) is 5.82 Å². The standard InChI is InChI=1S/C47H74N6O13/c1-52(14-3-2-9-43-12-11-40-8-5-13-48-47(40)49-43)37-42(36-46(55)56)41-7-4-10-45(35-41)66-34-33-64-30-29-62-26-24-60-22-20-58-18-15-53-38-44(50-51-53)39-65-32-31-63-28-27-61-25-23-59-21-19-57-17-6-16-54/h4,7,10-12,16,35,38,42H,2-3,5-6,8-9,13-15,17-34,36-37,39H2,1H3,(H,48,49)(H,55,56). The number of nitrogens with zero attached hydrogens (tertiary/aromatic N) is 5. The number of aliphatic carboxylic acids is 1. The van der Waals surface area contributed by atoms with Crippen molar-refractivity contribution < 1.29 is 62.1 Å². The second kappa shape index (κ2) is 36.0. The molecule has 1 atom stereocenters. The largest absolute Gasteiger partial charge is 0.491 e. The Kier molecular flexibility index (Phi) is 29.7. The van der Waals surface area contributed by atoms with E-state index >= 15 is 0 Å². The van der Waals surface area contributed by atoms with Gasteiger partial charge in [-0.3, -0.25) is 4.79 Å². The van der Waals surface area contributed by atoms with E-state index in [1.54, 1.807) is 4.68 Å². The minimum Gasteiger partial charge on any atom is -0.491 e. The van der Waals surface area contributed by atoms with Gasteiger partial charge in [0.25, 0.3) is 0 Å². The molecule has 0 bridgehead atoms. The number of anilines is 1. The molecule has 1 aliphatic rings. The third-order valence-corrected chi connectivity index (χ3v) is 10.2. The molecule has 1 aliphatic heterocycles. The number of carbonyl (C=O) groups excluding carboxylic acids is 1. The number of ether oxygens (including phenoxy) is 10. The first-order valence-electron chi connectivity index (χ1n) is 23.4. The molecule has 370 valence electrons. The molecular formula is C47H74N6O13. The van der Waals surface area contributed by atoms with E-state index in [2.05, 4.69) is 39.7 Å². The van der Waals surface area contributed by atoms with Gasteiger partial charge in [-0.1, -0.05) is 23.4 Å². The average Bonchev–Trinajstić information content (AvgIpc) is 3.78. The summed E-state index contributed by atoms with van der Waals surface area (Å²) in [5.74, 6) is 0.755. The summed E-state index contributed by atoms with van der Waals surface area (Å²) in [5.41, 5.74) is 4.10. The highest BCUT2D eigenvalue weighted by Gasteiger charge is 2.19. The zero-order valence-electron chi connectivity index (χ0n) is 39.0. The second-order valence-corrected chi connectivity index (χ2v) is 15.7. The van der Waals surface area contributed by atoms with Crippen LogP contribution in [0.2, 0.25) is 0 Å². The van der Waals surface area contributed by atoms with E-state index in [1.807, 2.05) is 30.5 Å². The summed E-state index contributed by atoms with van der Waals surface area (Å²) in [5, 5.41) is 21.3. The molecule has 0 radical (unpaired) electrons. The number of aldehydes is 1. The predicted molar refractivity (Wildman–Crippen MR) is 245 cm³/mol. The number of carboxylic acid groups (broad SMARTS) is 1. The topological polar surface area (TPSA) is 206 Å². The fourth-order valence-corrected chi connectivity index (χ4v) is 6.86. The third kappa shape index (κ3) is 25.7. The van der Waals surface area contributed by atoms with Crippen LogP contribution in [0.5, 0.6) is 5.75 Å². The number of hydrogen-bond acceptors (Lipinski definition) is 17. The van der Waals surface area contributed by atoms with Crippen molar-refractivity contribution in [2.75, 3.05) is 151 Å². The molecule has 0 fully saturated rings. The molecule has 19 nitrogen and oxygen atoms in total. The van der Waals surface area contributed by atoms with E-state index in [1.165, 1.54) is 5.56 Å². The molecule has 0 spiro atoms. The van der Waals surface area contributed by atoms with Crippen molar-refractivity contribution in [3.8, 4) is 5.75 Å². The summed E-state index contributed by atoms with van der Waals surface area (Å²) in [6, 6.07) is 12.1. The fraction of sp³-hybridized carbons (Fsp3) is 0.681. The van der Waals surface area contributed by atoms with Crippen LogP contribution in [0.1, 0.15) is 60.5 Å². The monoisotopic (exact) mass is 931 g/mol. The van der Waals surface area contributed by atoms with Gasteiger partial charge in [-0.05, 0) is 75.0 Å². The number of hydrogen-bond donors (Lipinski definition) is 2. The quantitative estimate of drug-likeness (QED) is 0.0611. The summed E-state index contributed by atoms with van der Waals surface area (Å²) in [4.78, 5) is 29.0. The molecule has 2 aromatic heterocycles. The smallest absolute Gasteiger partial charge is 0.304 e. The van der Waals surface area contributed by atoms with E-state index < -0.39 is 5.97 Å². The van der Waals surface area contributed by atoms with Crippen molar-refractivity contribution in [3.63, 3.8) is 0 Å². The highest BCUT2D eigenvalue weighted by atomic mass is 16.6. The van der Waals surface area contributed by atoms with E-state index in [-0.39, 0.29) is 12.3 Å². The molecule has 3 heterocycles. The van der Waals surface area contributed by atoms with E-state index in [0.29, 0.717) is 151 Å². The van der Waals surface area contributed by atoms with Crippen molar-refractivity contribution in [1.29, 1.82) is 0 Å². The van der Waals surface area contributed by atoms with Crippen LogP contribution in [0, 0.1) is 0 Å². The number of fused-ring (bicyclic) bond motifs is 1. The Balaban J connectivity index is 0.907. The summed E-state index contributed by atoms with van der Waals surface area (Å²) < 4.78 is 57.3. The summed E-state index contributed by atoms with van der Waals surface area (Å²) >= 11 is 0. The van der Waals surface area contributed by atoms with Gasteiger partial charge in [0.05, 0.1) is 138 Å². The van der Waals surface area contributed by atoms with Crippen molar-refractivity contribution in [2.24, 2.45) is 0 Å². The molecule has 19 heteroatoms. The predicted octanol–water partition coefficient (Wildman–Crippen LogP) is 3.86. The van der Waals surface area contributed by atoms with Crippen LogP contribution in [-0.4, -0.2) is 188 Å². The number of carbonyl (C=O) groups is 2. The van der Waals surface area contributed by atoms with Crippen LogP contribution in [0.15, 0.2) is 42.6 Å². The van der Waals surface area contributed by atoms with E-state index in [4.69, 9.17) is 52.4 Å². The Bertz CT molecular complexity index is 1710. The first-order chi connectivity index (χ1) is 32.5. The van der Waals surface area contributed by atoms with Gasteiger partial charge < -0.3 is 67.5 Å². The Morgan fingerprint density at radius 1 is 0.773 bits per heavy atom. The number of likely N-dealkylation sites (N-methyl/N-ethyl adjacent to an activating group) is 1. The number of carboxylic acids is 1. The SMILES string of the molecule is CN(CCCCc1ccc2c(n1)NCCC2)CC(CC(=O)O)c1cccc(OCCOCCOCCOCCOCCn2cc(COCCOCCOCCOCCOCCC=O)nn2)c1. The molecule has 1 aromatic carbocycles. The number of rotatable bonds is 43. The van der Waals surface area contributed by atoms with Gasteiger partial charge in [-0.25, -0.2) is 9.67 Å². The van der Waals surface area contributed by atoms with Crippen LogP contribution in [-0.2, 0) is 78.2 Å². The van der Waals surface area contributed by atoms with Crippen LogP contribution in [0.25, 0.3) is 0 Å². The molecular weight excluding hydrogens is 857 g/mol. The van der Waals surface area contributed by atoms with Crippen LogP contribution >= 0.6 is 0 Å². The number of aromatic nitrogens is 4. The highest BCUT2D eigenvalue weighted by molar-refractivity contribution is 5.68. The van der Waals surface area contributed by atoms with Crippen molar-refractivity contribution in [3.05, 3.63) is 65.1 Å². The lowest BCUT2D eigenvalue weighted by atomic mass is 9.95. The highest BCUT2D eigenvalue weighted by Crippen LogP contribution is 2.25. The van der Waals surface area contributed by atoms with Gasteiger partial charge in [0.15, 0.2) is 0 Å². The maximum absolute atomic E-state index is 11.8. The lowest BCUT2D eigenvalue weighted by Gasteiger charge is -2.24. The first-order valence-corrected chi connectivity index (χ1v) is 23.4. The molecule has 4 rings (SSSR count). The van der Waals surface area contributed by atoms with Crippen LogP contribution < -0.4 is 10.1 Å². The molecule has 0 saturated carbocycles. The maximum atomic E-state index is 11.8. The van der Waals surface area contributed by atoms with E-state index in [9.17, 15) is 14.7 Å². The number of benzene rings is 1. The second-order valence-electron chi connectivity index (χ2n) is 15.7. The Labute approximate surface area is 390 Å². The summed E-state index contributed by atoms with van der Waals surface area (Å²) in [6.07, 6.45) is 8.32. The maximum Gasteiger partial charge on any atom is 0.304 e. The zero-order chi connectivity index (χ0) is 46.5. The third-order valence-electron chi connectivity index (χ3n) is 10.2. The van der Waals surface area contributed by atoms with E-state index in [0.717, 1.165) is 74.2 Å². The molecule has 0 saturated heterocycles. The molecule has 1 unspecified atom stereocenters. The molecule has 0 aliphatic carbocycles. The normalized spacial score (nSPS) is 12.9. The minimum atomic E-state index is -0.817. The summed E-state index contributed by atoms with van der Waals surface area (Å²) in [6.45, 7) is 11.5. The van der Waals surface area contributed by atoms with Gasteiger partial charge in [0.1, 0.15) is 30.2 Å². The number of pyridine rings is 1. The molecule has 3 aromatic rings. The Morgan fingerprint density at radius 2 is 1.39 bits per heavy atom. The minimum absolute atomic E-state index is 0.0482.